The first-order valence-electron chi connectivity index (χ1n) is 11.7. The van der Waals surface area contributed by atoms with Gasteiger partial charge in [0.2, 0.25) is 0 Å². The molecule has 0 aromatic heterocycles. The van der Waals surface area contributed by atoms with E-state index in [1.54, 1.807) is 19.2 Å². The molecule has 1 aliphatic heterocycles. The Morgan fingerprint density at radius 2 is 1.77 bits per heavy atom. The lowest BCUT2D eigenvalue weighted by Gasteiger charge is -2.30. The molecule has 3 aromatic rings. The molecule has 0 saturated heterocycles. The average molecular weight is 491 g/mol. The highest BCUT2D eigenvalue weighted by molar-refractivity contribution is 6.32. The molecular weight excluding hydrogens is 464 g/mol. The molecule has 0 bridgehead atoms. The van der Waals surface area contributed by atoms with Gasteiger partial charge in [-0.2, -0.15) is 0 Å². The average Bonchev–Trinajstić information content (AvgIpc) is 3.04. The number of aromatic hydroxyl groups is 1. The number of phenolic OH excluding ortho intramolecular Hbond substituents is 1. The molecule has 0 spiro atoms. The maximum Gasteiger partial charge on any atom is 0.176 e. The van der Waals surface area contributed by atoms with Gasteiger partial charge >= 0.3 is 0 Å². The molecular formula is C28H27ClN2O4. The SMILES string of the molecule is CCOc1cc([C@@H]2Nc3ccccc3NC3=C2C(=O)C[C@@H](c2ccc(OC)cc2)C3)cc(Cl)c1O. The van der Waals surface area contributed by atoms with Gasteiger partial charge in [0.1, 0.15) is 5.75 Å². The van der Waals surface area contributed by atoms with Crippen LogP contribution in [0.3, 0.4) is 0 Å². The van der Waals surface area contributed by atoms with Gasteiger partial charge in [-0.25, -0.2) is 0 Å². The largest absolute Gasteiger partial charge is 0.503 e. The highest BCUT2D eigenvalue weighted by Crippen LogP contribution is 2.46. The van der Waals surface area contributed by atoms with Crippen LogP contribution in [0.25, 0.3) is 0 Å². The number of Topliss-reactive ketones (excluding diaryl/α,β-unsaturated/α-hetero) is 1. The zero-order valence-corrected chi connectivity index (χ0v) is 20.4. The molecule has 3 aromatic carbocycles. The number of nitrogens with one attached hydrogen (secondary N) is 2. The number of ether oxygens (including phenoxy) is 2. The third-order valence-electron chi connectivity index (χ3n) is 6.58. The Morgan fingerprint density at radius 3 is 2.49 bits per heavy atom. The van der Waals surface area contributed by atoms with E-state index in [9.17, 15) is 9.90 Å². The number of hydrogen-bond donors (Lipinski definition) is 3. The van der Waals surface area contributed by atoms with Crippen molar-refractivity contribution in [2.24, 2.45) is 0 Å². The summed E-state index contributed by atoms with van der Waals surface area (Å²) < 4.78 is 10.9. The minimum absolute atomic E-state index is 0.0490. The van der Waals surface area contributed by atoms with Gasteiger partial charge in [0, 0.05) is 17.7 Å². The van der Waals surface area contributed by atoms with E-state index in [1.165, 1.54) is 0 Å². The van der Waals surface area contributed by atoms with Crippen molar-refractivity contribution in [3.63, 3.8) is 0 Å². The predicted octanol–water partition coefficient (Wildman–Crippen LogP) is 6.43. The minimum Gasteiger partial charge on any atom is -0.503 e. The van der Waals surface area contributed by atoms with Crippen molar-refractivity contribution in [1.29, 1.82) is 0 Å². The smallest absolute Gasteiger partial charge is 0.176 e. The second-order valence-electron chi connectivity index (χ2n) is 8.72. The first kappa shape index (κ1) is 23.1. The number of ketones is 1. The first-order chi connectivity index (χ1) is 17.0. The topological polar surface area (TPSA) is 79.8 Å². The van der Waals surface area contributed by atoms with Crippen LogP contribution in [0.4, 0.5) is 11.4 Å². The van der Waals surface area contributed by atoms with Gasteiger partial charge in [-0.3, -0.25) is 4.79 Å². The number of benzene rings is 3. The molecule has 0 radical (unpaired) electrons. The van der Waals surface area contributed by atoms with Crippen molar-refractivity contribution >= 4 is 28.8 Å². The molecule has 0 amide bonds. The van der Waals surface area contributed by atoms with Crippen LogP contribution in [0.2, 0.25) is 5.02 Å². The highest BCUT2D eigenvalue weighted by atomic mass is 35.5. The number of carbonyl (C=O) groups is 1. The Labute approximate surface area is 209 Å². The van der Waals surface area contributed by atoms with E-state index in [2.05, 4.69) is 10.6 Å². The summed E-state index contributed by atoms with van der Waals surface area (Å²) >= 11 is 6.37. The summed E-state index contributed by atoms with van der Waals surface area (Å²) in [4.78, 5) is 13.7. The van der Waals surface area contributed by atoms with E-state index >= 15 is 0 Å². The number of hydrogen-bond acceptors (Lipinski definition) is 6. The van der Waals surface area contributed by atoms with Crippen molar-refractivity contribution in [2.75, 3.05) is 24.4 Å². The molecule has 180 valence electrons. The lowest BCUT2D eigenvalue weighted by atomic mass is 9.78. The van der Waals surface area contributed by atoms with Gasteiger partial charge in [0.25, 0.3) is 0 Å². The van der Waals surface area contributed by atoms with Gasteiger partial charge in [-0.1, -0.05) is 35.9 Å². The van der Waals surface area contributed by atoms with E-state index in [0.29, 0.717) is 30.8 Å². The van der Waals surface area contributed by atoms with Crippen molar-refractivity contribution in [1.82, 2.24) is 0 Å². The van der Waals surface area contributed by atoms with Crippen LogP contribution in [-0.4, -0.2) is 24.6 Å². The quantitative estimate of drug-likeness (QED) is 0.382. The lowest BCUT2D eigenvalue weighted by Crippen LogP contribution is -2.27. The fourth-order valence-electron chi connectivity index (χ4n) is 4.88. The predicted molar refractivity (Wildman–Crippen MR) is 138 cm³/mol. The summed E-state index contributed by atoms with van der Waals surface area (Å²) in [7, 11) is 1.64. The van der Waals surface area contributed by atoms with Gasteiger partial charge in [0.05, 0.1) is 36.2 Å². The summed E-state index contributed by atoms with van der Waals surface area (Å²) in [6.07, 6.45) is 1.08. The van der Waals surface area contributed by atoms with E-state index in [-0.39, 0.29) is 22.5 Å². The minimum atomic E-state index is -0.456. The number of fused-ring (bicyclic) bond motifs is 1. The van der Waals surface area contributed by atoms with Gasteiger partial charge in [0.15, 0.2) is 17.3 Å². The number of anilines is 2. The van der Waals surface area contributed by atoms with Gasteiger partial charge in [-0.05, 0) is 66.8 Å². The summed E-state index contributed by atoms with van der Waals surface area (Å²) in [6, 6.07) is 18.8. The molecule has 1 aliphatic carbocycles. The van der Waals surface area contributed by atoms with Crippen LogP contribution in [0.1, 0.15) is 42.9 Å². The fraction of sp³-hybridized carbons (Fsp3) is 0.250. The van der Waals surface area contributed by atoms with Crippen LogP contribution in [0, 0.1) is 0 Å². The molecule has 0 unspecified atom stereocenters. The van der Waals surface area contributed by atoms with E-state index in [0.717, 1.165) is 33.9 Å². The lowest BCUT2D eigenvalue weighted by molar-refractivity contribution is -0.116. The summed E-state index contributed by atoms with van der Waals surface area (Å²) in [5.74, 6) is 1.09. The Bertz CT molecular complexity index is 1300. The zero-order valence-electron chi connectivity index (χ0n) is 19.6. The van der Waals surface area contributed by atoms with Gasteiger partial charge in [-0.15, -0.1) is 0 Å². The molecule has 3 N–H and O–H groups in total. The number of allylic oxidation sites excluding steroid dienone is 1. The summed E-state index contributed by atoms with van der Waals surface area (Å²) in [6.45, 7) is 2.22. The summed E-state index contributed by atoms with van der Waals surface area (Å²) in [5.41, 5.74) is 5.18. The zero-order chi connectivity index (χ0) is 24.5. The number of carbonyl (C=O) groups excluding carboxylic acids is 1. The maximum atomic E-state index is 13.7. The van der Waals surface area contributed by atoms with Crippen molar-refractivity contribution in [3.8, 4) is 17.2 Å². The van der Waals surface area contributed by atoms with Crippen molar-refractivity contribution in [2.45, 2.75) is 31.7 Å². The normalized spacial score (nSPS) is 19.1. The molecule has 35 heavy (non-hydrogen) atoms. The first-order valence-corrected chi connectivity index (χ1v) is 12.0. The second-order valence-corrected chi connectivity index (χ2v) is 9.13. The van der Waals surface area contributed by atoms with E-state index < -0.39 is 6.04 Å². The molecule has 6 nitrogen and oxygen atoms in total. The molecule has 0 saturated carbocycles. The van der Waals surface area contributed by atoms with Gasteiger partial charge < -0.3 is 25.2 Å². The number of halogens is 1. The van der Waals surface area contributed by atoms with Crippen LogP contribution in [0.5, 0.6) is 17.2 Å². The molecule has 2 atom stereocenters. The number of phenols is 1. The molecule has 0 fully saturated rings. The van der Waals surface area contributed by atoms with Crippen LogP contribution >= 0.6 is 11.6 Å². The fourth-order valence-corrected chi connectivity index (χ4v) is 5.10. The molecule has 1 heterocycles. The van der Waals surface area contributed by atoms with Crippen molar-refractivity contribution < 1.29 is 19.4 Å². The van der Waals surface area contributed by atoms with E-state index in [1.807, 2.05) is 55.5 Å². The Balaban J connectivity index is 1.60. The standard InChI is InChI=1S/C28H27ClN2O4/c1-3-35-25-15-18(12-20(29)28(25)33)27-26-23(30-21-6-4-5-7-22(21)31-27)13-17(14-24(26)32)16-8-10-19(34-2)11-9-16/h4-12,15,17,27,30-31,33H,3,13-14H2,1-2H3/t17-,27-/m0/s1. The van der Waals surface area contributed by atoms with Crippen LogP contribution in [-0.2, 0) is 4.79 Å². The number of rotatable bonds is 5. The second kappa shape index (κ2) is 9.55. The molecule has 2 aliphatic rings. The number of methoxy groups -OCH3 is 1. The third-order valence-corrected chi connectivity index (χ3v) is 6.87. The Morgan fingerprint density at radius 1 is 1.03 bits per heavy atom. The number of para-hydroxylation sites is 2. The van der Waals surface area contributed by atoms with E-state index in [4.69, 9.17) is 21.1 Å². The Hall–Kier alpha value is -3.64. The summed E-state index contributed by atoms with van der Waals surface area (Å²) in [5, 5.41) is 17.6. The maximum absolute atomic E-state index is 13.7. The van der Waals surface area contributed by atoms with Crippen molar-refractivity contribution in [3.05, 3.63) is 88.1 Å². The van der Waals surface area contributed by atoms with Crippen LogP contribution in [0.15, 0.2) is 71.9 Å². The van der Waals surface area contributed by atoms with Crippen LogP contribution < -0.4 is 20.1 Å². The third kappa shape index (κ3) is 4.42. The Kier molecular flexibility index (Phi) is 6.31. The molecule has 7 heteroatoms. The molecule has 5 rings (SSSR count). The highest BCUT2D eigenvalue weighted by Gasteiger charge is 2.36. The monoisotopic (exact) mass is 490 g/mol.